The summed E-state index contributed by atoms with van der Waals surface area (Å²) in [5, 5.41) is 4.22. The summed E-state index contributed by atoms with van der Waals surface area (Å²) in [5.41, 5.74) is 3.08. The van der Waals surface area contributed by atoms with Crippen molar-refractivity contribution in [3.8, 4) is 0 Å². The molecule has 1 saturated heterocycles. The molecule has 1 atom stereocenters. The predicted octanol–water partition coefficient (Wildman–Crippen LogP) is 3.12. The van der Waals surface area contributed by atoms with Gasteiger partial charge in [0.2, 0.25) is 0 Å². The highest BCUT2D eigenvalue weighted by Crippen LogP contribution is 2.28. The molecule has 1 fully saturated rings. The van der Waals surface area contributed by atoms with Gasteiger partial charge in [0.1, 0.15) is 0 Å². The van der Waals surface area contributed by atoms with Gasteiger partial charge in [0.15, 0.2) is 0 Å². The SMILES string of the molecule is Cc1cc(C(=O)N2CC[C@H](c3cnn(C)c3)C2)ccc1Br. The number of amides is 1. The highest BCUT2D eigenvalue weighted by Gasteiger charge is 2.28. The number of carbonyl (C=O) groups is 1. The molecule has 110 valence electrons. The van der Waals surface area contributed by atoms with E-state index >= 15 is 0 Å². The zero-order valence-corrected chi connectivity index (χ0v) is 13.8. The molecule has 0 bridgehead atoms. The lowest BCUT2D eigenvalue weighted by atomic mass is 10.0. The zero-order valence-electron chi connectivity index (χ0n) is 12.2. The lowest BCUT2D eigenvalue weighted by Crippen LogP contribution is -2.28. The standard InChI is InChI=1S/C16H18BrN3O/c1-11-7-12(3-4-15(11)17)16(21)20-6-5-13(10-20)14-8-18-19(2)9-14/h3-4,7-9,13H,5-6,10H2,1-2H3/t13-/m0/s1. The minimum Gasteiger partial charge on any atom is -0.338 e. The third-order valence-corrected chi connectivity index (χ3v) is 4.97. The van der Waals surface area contributed by atoms with E-state index in [1.807, 2.05) is 54.1 Å². The first-order valence-corrected chi connectivity index (χ1v) is 7.88. The van der Waals surface area contributed by atoms with Crippen LogP contribution >= 0.6 is 15.9 Å². The normalized spacial score (nSPS) is 18.2. The fraction of sp³-hybridized carbons (Fsp3) is 0.375. The van der Waals surface area contributed by atoms with E-state index in [1.165, 1.54) is 5.56 Å². The first-order valence-electron chi connectivity index (χ1n) is 7.08. The summed E-state index contributed by atoms with van der Waals surface area (Å²) >= 11 is 3.47. The molecule has 1 aliphatic heterocycles. The summed E-state index contributed by atoms with van der Waals surface area (Å²) in [7, 11) is 1.92. The number of halogens is 1. The van der Waals surface area contributed by atoms with E-state index in [0.717, 1.165) is 35.1 Å². The van der Waals surface area contributed by atoms with Crippen LogP contribution < -0.4 is 0 Å². The second-order valence-electron chi connectivity index (χ2n) is 5.65. The van der Waals surface area contributed by atoms with Gasteiger partial charge in [-0.25, -0.2) is 0 Å². The third kappa shape index (κ3) is 2.88. The van der Waals surface area contributed by atoms with Crippen LogP contribution in [0.2, 0.25) is 0 Å². The van der Waals surface area contributed by atoms with Crippen LogP contribution in [0.3, 0.4) is 0 Å². The average Bonchev–Trinajstić information content (AvgIpc) is 3.09. The van der Waals surface area contributed by atoms with Gasteiger partial charge in [0, 0.05) is 42.3 Å². The maximum absolute atomic E-state index is 12.6. The van der Waals surface area contributed by atoms with E-state index in [-0.39, 0.29) is 5.91 Å². The molecule has 3 rings (SSSR count). The van der Waals surface area contributed by atoms with Crippen LogP contribution in [-0.4, -0.2) is 33.7 Å². The van der Waals surface area contributed by atoms with Crippen LogP contribution in [0.25, 0.3) is 0 Å². The van der Waals surface area contributed by atoms with Gasteiger partial charge in [-0.3, -0.25) is 9.48 Å². The van der Waals surface area contributed by atoms with Crippen LogP contribution in [-0.2, 0) is 7.05 Å². The molecule has 2 heterocycles. The summed E-state index contributed by atoms with van der Waals surface area (Å²) < 4.78 is 2.85. The van der Waals surface area contributed by atoms with Crippen LogP contribution in [0.4, 0.5) is 0 Å². The van der Waals surface area contributed by atoms with Gasteiger partial charge in [0.05, 0.1) is 6.20 Å². The van der Waals surface area contributed by atoms with Gasteiger partial charge in [-0.05, 0) is 42.7 Å². The molecule has 1 amide bonds. The molecule has 0 N–H and O–H groups in total. The Morgan fingerprint density at radius 2 is 2.24 bits per heavy atom. The molecular weight excluding hydrogens is 330 g/mol. The number of benzene rings is 1. The maximum atomic E-state index is 12.6. The fourth-order valence-electron chi connectivity index (χ4n) is 2.83. The molecule has 0 saturated carbocycles. The van der Waals surface area contributed by atoms with E-state index in [2.05, 4.69) is 21.0 Å². The number of hydrogen-bond acceptors (Lipinski definition) is 2. The van der Waals surface area contributed by atoms with Crippen molar-refractivity contribution < 1.29 is 4.79 Å². The van der Waals surface area contributed by atoms with Crippen LogP contribution in [0.1, 0.15) is 33.8 Å². The Hall–Kier alpha value is -1.62. The molecule has 4 nitrogen and oxygen atoms in total. The number of aryl methyl sites for hydroxylation is 2. The zero-order chi connectivity index (χ0) is 15.0. The van der Waals surface area contributed by atoms with Crippen molar-refractivity contribution in [2.75, 3.05) is 13.1 Å². The summed E-state index contributed by atoms with van der Waals surface area (Å²) in [6.07, 6.45) is 4.96. The van der Waals surface area contributed by atoms with Crippen molar-refractivity contribution in [2.45, 2.75) is 19.3 Å². The molecular formula is C16H18BrN3O. The maximum Gasteiger partial charge on any atom is 0.253 e. The highest BCUT2D eigenvalue weighted by atomic mass is 79.9. The highest BCUT2D eigenvalue weighted by molar-refractivity contribution is 9.10. The van der Waals surface area contributed by atoms with Gasteiger partial charge in [-0.15, -0.1) is 0 Å². The first-order chi connectivity index (χ1) is 10.0. The van der Waals surface area contributed by atoms with Crippen molar-refractivity contribution in [3.63, 3.8) is 0 Å². The number of aromatic nitrogens is 2. The molecule has 1 aliphatic rings. The van der Waals surface area contributed by atoms with Gasteiger partial charge < -0.3 is 4.90 Å². The lowest BCUT2D eigenvalue weighted by Gasteiger charge is -2.17. The molecule has 2 aromatic rings. The summed E-state index contributed by atoms with van der Waals surface area (Å²) in [5.74, 6) is 0.524. The second-order valence-corrected chi connectivity index (χ2v) is 6.50. The van der Waals surface area contributed by atoms with Gasteiger partial charge >= 0.3 is 0 Å². The van der Waals surface area contributed by atoms with E-state index in [1.54, 1.807) is 0 Å². The third-order valence-electron chi connectivity index (χ3n) is 4.08. The second kappa shape index (κ2) is 5.64. The topological polar surface area (TPSA) is 38.1 Å². The molecule has 0 unspecified atom stereocenters. The van der Waals surface area contributed by atoms with Gasteiger partial charge in [0.25, 0.3) is 5.91 Å². The Kier molecular flexibility index (Phi) is 3.85. The molecule has 5 heteroatoms. The van der Waals surface area contributed by atoms with Crippen LogP contribution in [0, 0.1) is 6.92 Å². The molecule has 21 heavy (non-hydrogen) atoms. The number of rotatable bonds is 2. The van der Waals surface area contributed by atoms with Crippen molar-refractivity contribution in [2.24, 2.45) is 7.05 Å². The van der Waals surface area contributed by atoms with Gasteiger partial charge in [-0.2, -0.15) is 5.10 Å². The lowest BCUT2D eigenvalue weighted by molar-refractivity contribution is 0.0790. The van der Waals surface area contributed by atoms with Crippen molar-refractivity contribution >= 4 is 21.8 Å². The minimum absolute atomic E-state index is 0.122. The summed E-state index contributed by atoms with van der Waals surface area (Å²) in [4.78, 5) is 14.5. The molecule has 0 aliphatic carbocycles. The largest absolute Gasteiger partial charge is 0.338 e. The molecule has 1 aromatic carbocycles. The number of nitrogens with zero attached hydrogens (tertiary/aromatic N) is 3. The van der Waals surface area contributed by atoms with E-state index in [0.29, 0.717) is 5.92 Å². The Morgan fingerprint density at radius 1 is 1.43 bits per heavy atom. The van der Waals surface area contributed by atoms with E-state index in [9.17, 15) is 4.79 Å². The monoisotopic (exact) mass is 347 g/mol. The van der Waals surface area contributed by atoms with Crippen LogP contribution in [0.5, 0.6) is 0 Å². The predicted molar refractivity (Wildman–Crippen MR) is 85.3 cm³/mol. The first kappa shape index (κ1) is 14.3. The van der Waals surface area contributed by atoms with E-state index < -0.39 is 0 Å². The molecule has 0 spiro atoms. The Labute approximate surface area is 132 Å². The summed E-state index contributed by atoms with van der Waals surface area (Å²) in [6, 6.07) is 5.78. The Balaban J connectivity index is 1.73. The smallest absolute Gasteiger partial charge is 0.253 e. The number of hydrogen-bond donors (Lipinski definition) is 0. The van der Waals surface area contributed by atoms with E-state index in [4.69, 9.17) is 0 Å². The Morgan fingerprint density at radius 3 is 2.90 bits per heavy atom. The van der Waals surface area contributed by atoms with Crippen molar-refractivity contribution in [1.29, 1.82) is 0 Å². The number of carbonyl (C=O) groups excluding carboxylic acids is 1. The molecule has 1 aromatic heterocycles. The summed E-state index contributed by atoms with van der Waals surface area (Å²) in [6.45, 7) is 3.59. The molecule has 0 radical (unpaired) electrons. The van der Waals surface area contributed by atoms with Gasteiger partial charge in [-0.1, -0.05) is 15.9 Å². The minimum atomic E-state index is 0.122. The van der Waals surface area contributed by atoms with Crippen molar-refractivity contribution in [1.82, 2.24) is 14.7 Å². The fourth-order valence-corrected chi connectivity index (χ4v) is 3.07. The Bertz CT molecular complexity index is 680. The quantitative estimate of drug-likeness (QED) is 0.836. The van der Waals surface area contributed by atoms with Crippen molar-refractivity contribution in [3.05, 3.63) is 51.8 Å². The number of likely N-dealkylation sites (tertiary alicyclic amines) is 1. The van der Waals surface area contributed by atoms with Crippen LogP contribution in [0.15, 0.2) is 35.1 Å². The average molecular weight is 348 g/mol.